The summed E-state index contributed by atoms with van der Waals surface area (Å²) in [4.78, 5) is 47.6. The molecule has 0 aromatic heterocycles. The largest absolute Gasteiger partial charge is 0.273 e. The van der Waals surface area contributed by atoms with Crippen molar-refractivity contribution in [3.63, 3.8) is 0 Å². The lowest BCUT2D eigenvalue weighted by Crippen LogP contribution is -2.41. The quantitative estimate of drug-likeness (QED) is 0.299. The predicted octanol–water partition coefficient (Wildman–Crippen LogP) is 3.65. The Bertz CT molecular complexity index is 876. The average Bonchev–Trinajstić information content (AvgIpc) is 2.83. The summed E-state index contributed by atoms with van der Waals surface area (Å²) >= 11 is 0. The van der Waals surface area contributed by atoms with Gasteiger partial charge in [0.2, 0.25) is 11.8 Å². The van der Waals surface area contributed by atoms with Gasteiger partial charge in [0, 0.05) is 24.0 Å². The third kappa shape index (κ3) is 10.3. The number of unbranched alkanes of at least 4 members (excludes halogenated alkanes) is 5. The molecule has 34 heavy (non-hydrogen) atoms. The van der Waals surface area contributed by atoms with E-state index >= 15 is 0 Å². The third-order valence-electron chi connectivity index (χ3n) is 5.32. The number of carbonyl (C=O) groups is 4. The maximum atomic E-state index is 12.0. The molecule has 0 atom stereocenters. The zero-order valence-electron chi connectivity index (χ0n) is 19.9. The van der Waals surface area contributed by atoms with E-state index < -0.39 is 0 Å². The lowest BCUT2D eigenvalue weighted by Gasteiger charge is -2.08. The number of hydrazine groups is 2. The first-order valence-electron chi connectivity index (χ1n) is 11.7. The fourth-order valence-corrected chi connectivity index (χ4v) is 3.21. The third-order valence-corrected chi connectivity index (χ3v) is 5.32. The lowest BCUT2D eigenvalue weighted by atomic mass is 10.1. The van der Waals surface area contributed by atoms with Gasteiger partial charge in [0.15, 0.2) is 0 Å². The molecule has 2 aromatic rings. The van der Waals surface area contributed by atoms with Crippen molar-refractivity contribution in [2.24, 2.45) is 0 Å². The fraction of sp³-hybridized carbons (Fsp3) is 0.385. The van der Waals surface area contributed by atoms with Gasteiger partial charge in [-0.3, -0.25) is 40.9 Å². The van der Waals surface area contributed by atoms with Crippen molar-refractivity contribution in [1.29, 1.82) is 0 Å². The van der Waals surface area contributed by atoms with Gasteiger partial charge in [0.1, 0.15) is 0 Å². The predicted molar refractivity (Wildman–Crippen MR) is 131 cm³/mol. The summed E-state index contributed by atoms with van der Waals surface area (Å²) in [6.45, 7) is 3.88. The number of amides is 4. The van der Waals surface area contributed by atoms with Gasteiger partial charge in [-0.1, -0.05) is 61.1 Å². The molecule has 0 saturated heterocycles. The van der Waals surface area contributed by atoms with Crippen LogP contribution in [-0.4, -0.2) is 23.6 Å². The summed E-state index contributed by atoms with van der Waals surface area (Å²) in [6, 6.07) is 14.2. The first-order chi connectivity index (χ1) is 16.3. The molecule has 0 radical (unpaired) electrons. The highest BCUT2D eigenvalue weighted by Crippen LogP contribution is 2.09. The molecule has 8 nitrogen and oxygen atoms in total. The van der Waals surface area contributed by atoms with Gasteiger partial charge >= 0.3 is 0 Å². The van der Waals surface area contributed by atoms with Crippen LogP contribution in [0.15, 0.2) is 48.5 Å². The summed E-state index contributed by atoms with van der Waals surface area (Å²) in [5, 5.41) is 0. The minimum absolute atomic E-state index is 0.218. The van der Waals surface area contributed by atoms with Crippen LogP contribution in [0, 0.1) is 13.8 Å². The number of hydrogen-bond acceptors (Lipinski definition) is 4. The van der Waals surface area contributed by atoms with Crippen LogP contribution in [0.25, 0.3) is 0 Å². The van der Waals surface area contributed by atoms with Crippen LogP contribution in [-0.2, 0) is 9.59 Å². The summed E-state index contributed by atoms with van der Waals surface area (Å²) < 4.78 is 0. The van der Waals surface area contributed by atoms with Crippen molar-refractivity contribution in [2.45, 2.75) is 65.2 Å². The molecule has 0 fully saturated rings. The van der Waals surface area contributed by atoms with E-state index in [0.29, 0.717) is 24.0 Å². The van der Waals surface area contributed by atoms with Crippen LogP contribution >= 0.6 is 0 Å². The highest BCUT2D eigenvalue weighted by molar-refractivity contribution is 5.96. The van der Waals surface area contributed by atoms with Gasteiger partial charge < -0.3 is 0 Å². The molecule has 2 aromatic carbocycles. The number of hydrogen-bond donors (Lipinski definition) is 4. The topological polar surface area (TPSA) is 116 Å². The van der Waals surface area contributed by atoms with Gasteiger partial charge in [-0.25, -0.2) is 0 Å². The summed E-state index contributed by atoms with van der Waals surface area (Å²) in [7, 11) is 0. The number of carbonyl (C=O) groups excluding carboxylic acids is 4. The van der Waals surface area contributed by atoms with Crippen molar-refractivity contribution in [1.82, 2.24) is 21.7 Å². The van der Waals surface area contributed by atoms with E-state index in [2.05, 4.69) is 21.7 Å². The van der Waals surface area contributed by atoms with Crippen molar-refractivity contribution in [3.8, 4) is 0 Å². The van der Waals surface area contributed by atoms with E-state index in [1.807, 2.05) is 38.1 Å². The molecular formula is C26H34N4O4. The monoisotopic (exact) mass is 466 g/mol. The molecule has 4 N–H and O–H groups in total. The standard InChI is InChI=1S/C26H34N4O4/c1-19-11-15-21(16-12-19)25(33)29-27-23(31)9-7-5-3-4-6-8-10-24(32)28-30-26(34)22-17-13-20(2)14-18-22/h11-18H,3-10H2,1-2H3,(H,27,31)(H,28,32)(H,29,33)(H,30,34). The second-order valence-electron chi connectivity index (χ2n) is 8.36. The van der Waals surface area contributed by atoms with E-state index in [9.17, 15) is 19.2 Å². The maximum absolute atomic E-state index is 12.0. The zero-order valence-corrected chi connectivity index (χ0v) is 19.9. The molecule has 0 heterocycles. The maximum Gasteiger partial charge on any atom is 0.269 e. The highest BCUT2D eigenvalue weighted by atomic mass is 16.2. The second kappa shape index (κ2) is 14.5. The Kier molecular flexibility index (Phi) is 11.3. The Hall–Kier alpha value is -3.68. The van der Waals surface area contributed by atoms with Gasteiger partial charge in [0.05, 0.1) is 0 Å². The van der Waals surface area contributed by atoms with Crippen LogP contribution in [0.2, 0.25) is 0 Å². The van der Waals surface area contributed by atoms with Crippen LogP contribution in [0.1, 0.15) is 83.2 Å². The molecule has 0 unspecified atom stereocenters. The molecule has 4 amide bonds. The highest BCUT2D eigenvalue weighted by Gasteiger charge is 2.08. The van der Waals surface area contributed by atoms with Crippen LogP contribution < -0.4 is 21.7 Å². The minimum Gasteiger partial charge on any atom is -0.273 e. The lowest BCUT2D eigenvalue weighted by molar-refractivity contribution is -0.122. The van der Waals surface area contributed by atoms with Crippen LogP contribution in [0.3, 0.4) is 0 Å². The molecule has 0 bridgehead atoms. The van der Waals surface area contributed by atoms with E-state index in [0.717, 1.165) is 49.7 Å². The fourth-order valence-electron chi connectivity index (χ4n) is 3.21. The number of nitrogens with one attached hydrogen (secondary N) is 4. The van der Waals surface area contributed by atoms with Crippen LogP contribution in [0.5, 0.6) is 0 Å². The Morgan fingerprint density at radius 1 is 0.500 bits per heavy atom. The average molecular weight is 467 g/mol. The van der Waals surface area contributed by atoms with E-state index in [4.69, 9.17) is 0 Å². The van der Waals surface area contributed by atoms with Gasteiger partial charge in [0.25, 0.3) is 11.8 Å². The minimum atomic E-state index is -0.341. The molecule has 2 rings (SSSR count). The SMILES string of the molecule is Cc1ccc(C(=O)NNC(=O)CCCCCCCCC(=O)NNC(=O)c2ccc(C)cc2)cc1. The molecule has 0 aliphatic carbocycles. The Morgan fingerprint density at radius 2 is 0.824 bits per heavy atom. The molecule has 0 spiro atoms. The molecular weight excluding hydrogens is 432 g/mol. The molecule has 0 aliphatic rings. The Balaban J connectivity index is 1.44. The Labute approximate surface area is 200 Å². The number of benzene rings is 2. The summed E-state index contributed by atoms with van der Waals surface area (Å²) in [6.07, 6.45) is 5.89. The van der Waals surface area contributed by atoms with E-state index in [1.54, 1.807) is 24.3 Å². The van der Waals surface area contributed by atoms with Crippen molar-refractivity contribution < 1.29 is 19.2 Å². The van der Waals surface area contributed by atoms with Gasteiger partial charge in [-0.05, 0) is 51.0 Å². The normalized spacial score (nSPS) is 10.3. The smallest absolute Gasteiger partial charge is 0.269 e. The van der Waals surface area contributed by atoms with E-state index in [-0.39, 0.29) is 23.6 Å². The van der Waals surface area contributed by atoms with Gasteiger partial charge in [-0.15, -0.1) is 0 Å². The Morgan fingerprint density at radius 3 is 1.18 bits per heavy atom. The molecule has 182 valence electrons. The molecule has 0 saturated carbocycles. The van der Waals surface area contributed by atoms with Crippen LogP contribution in [0.4, 0.5) is 0 Å². The van der Waals surface area contributed by atoms with Crippen molar-refractivity contribution in [2.75, 3.05) is 0 Å². The van der Waals surface area contributed by atoms with Gasteiger partial charge in [-0.2, -0.15) is 0 Å². The summed E-state index contributed by atoms with van der Waals surface area (Å²) in [5.41, 5.74) is 12.8. The summed E-state index contributed by atoms with van der Waals surface area (Å²) in [5.74, 6) is -1.12. The van der Waals surface area contributed by atoms with E-state index in [1.165, 1.54) is 0 Å². The number of rotatable bonds is 11. The van der Waals surface area contributed by atoms with Crippen molar-refractivity contribution >= 4 is 23.6 Å². The zero-order chi connectivity index (χ0) is 24.8. The second-order valence-corrected chi connectivity index (χ2v) is 8.36. The first-order valence-corrected chi connectivity index (χ1v) is 11.7. The first kappa shape index (κ1) is 26.6. The number of aryl methyl sites for hydroxylation is 2. The molecule has 0 aliphatic heterocycles. The molecule has 8 heteroatoms. The van der Waals surface area contributed by atoms with Crippen molar-refractivity contribution in [3.05, 3.63) is 70.8 Å².